The van der Waals surface area contributed by atoms with Gasteiger partial charge < -0.3 is 9.53 Å². The third kappa shape index (κ3) is 2.80. The molecule has 16 heavy (non-hydrogen) atoms. The number of carbonyl (C=O) groups excluding carboxylic acids is 1. The Morgan fingerprint density at radius 2 is 2.12 bits per heavy atom. The molecule has 0 unspecified atom stereocenters. The summed E-state index contributed by atoms with van der Waals surface area (Å²) >= 11 is 0. The topological polar surface area (TPSA) is 72.5 Å². The molecule has 0 radical (unpaired) electrons. The number of sulfonamides is 1. The van der Waals surface area contributed by atoms with Crippen LogP contribution in [0, 0.1) is 6.92 Å². The smallest absolute Gasteiger partial charge is 0.241 e. The number of aldehydes is 1. The Bertz CT molecular complexity index is 482. The first-order valence-electron chi connectivity index (χ1n) is 4.59. The summed E-state index contributed by atoms with van der Waals surface area (Å²) in [4.78, 5) is 10.3. The van der Waals surface area contributed by atoms with E-state index >= 15 is 0 Å². The van der Waals surface area contributed by atoms with Crippen molar-refractivity contribution in [3.05, 3.63) is 23.8 Å². The average Bonchev–Trinajstić information content (AvgIpc) is 2.25. The second-order valence-corrected chi connectivity index (χ2v) is 4.89. The zero-order valence-corrected chi connectivity index (χ0v) is 9.87. The van der Waals surface area contributed by atoms with Crippen molar-refractivity contribution >= 4 is 16.3 Å². The highest BCUT2D eigenvalue weighted by molar-refractivity contribution is 7.89. The standard InChI is InChI=1S/C10H13NO4S/c1-8-7-9(15-2)3-4-10(8)16(13,14)11-5-6-12/h3-4,6-7,11H,5H2,1-2H3. The van der Waals surface area contributed by atoms with E-state index in [1.807, 2.05) is 0 Å². The minimum absolute atomic E-state index is 0.148. The number of aryl methyl sites for hydroxylation is 1. The second kappa shape index (κ2) is 5.09. The fraction of sp³-hybridized carbons (Fsp3) is 0.300. The number of methoxy groups -OCH3 is 1. The highest BCUT2D eigenvalue weighted by Gasteiger charge is 2.16. The van der Waals surface area contributed by atoms with Gasteiger partial charge in [-0.05, 0) is 30.7 Å². The molecule has 0 aliphatic rings. The molecule has 0 aliphatic heterocycles. The molecular weight excluding hydrogens is 230 g/mol. The van der Waals surface area contributed by atoms with E-state index in [0.29, 0.717) is 17.6 Å². The van der Waals surface area contributed by atoms with Crippen LogP contribution in [0.15, 0.2) is 23.1 Å². The molecule has 88 valence electrons. The second-order valence-electron chi connectivity index (χ2n) is 3.15. The SMILES string of the molecule is COc1ccc(S(=O)(=O)NCC=O)c(C)c1. The van der Waals surface area contributed by atoms with Crippen molar-refractivity contribution in [2.75, 3.05) is 13.7 Å². The first-order chi connectivity index (χ1) is 7.51. The fourth-order valence-electron chi connectivity index (χ4n) is 1.27. The Morgan fingerprint density at radius 3 is 2.62 bits per heavy atom. The molecule has 5 nitrogen and oxygen atoms in total. The van der Waals surface area contributed by atoms with Gasteiger partial charge in [0, 0.05) is 0 Å². The van der Waals surface area contributed by atoms with Crippen molar-refractivity contribution in [1.82, 2.24) is 4.72 Å². The summed E-state index contributed by atoms with van der Waals surface area (Å²) in [5, 5.41) is 0. The molecular formula is C10H13NO4S. The number of rotatable bonds is 5. The molecule has 0 aromatic heterocycles. The van der Waals surface area contributed by atoms with Crippen LogP contribution < -0.4 is 9.46 Å². The van der Waals surface area contributed by atoms with Gasteiger partial charge in [0.2, 0.25) is 10.0 Å². The summed E-state index contributed by atoms with van der Waals surface area (Å²) in [5.74, 6) is 0.590. The Kier molecular flexibility index (Phi) is 4.03. The highest BCUT2D eigenvalue weighted by atomic mass is 32.2. The number of hydrogen-bond donors (Lipinski definition) is 1. The predicted octanol–water partition coefficient (Wildman–Crippen LogP) is 0.481. The van der Waals surface area contributed by atoms with Crippen molar-refractivity contribution in [1.29, 1.82) is 0 Å². The zero-order valence-electron chi connectivity index (χ0n) is 9.06. The van der Waals surface area contributed by atoms with Crippen molar-refractivity contribution in [2.24, 2.45) is 0 Å². The van der Waals surface area contributed by atoms with Gasteiger partial charge in [-0.1, -0.05) is 0 Å². The van der Waals surface area contributed by atoms with Crippen molar-refractivity contribution < 1.29 is 17.9 Å². The minimum Gasteiger partial charge on any atom is -0.497 e. The van der Waals surface area contributed by atoms with Crippen LogP contribution in [-0.2, 0) is 14.8 Å². The maximum atomic E-state index is 11.7. The average molecular weight is 243 g/mol. The number of carbonyl (C=O) groups is 1. The van der Waals surface area contributed by atoms with Gasteiger partial charge in [0.05, 0.1) is 18.6 Å². The van der Waals surface area contributed by atoms with Crippen LogP contribution >= 0.6 is 0 Å². The summed E-state index contributed by atoms with van der Waals surface area (Å²) in [7, 11) is -2.11. The monoisotopic (exact) mass is 243 g/mol. The van der Waals surface area contributed by atoms with Crippen LogP contribution in [0.3, 0.4) is 0 Å². The maximum absolute atomic E-state index is 11.7. The molecule has 1 aromatic carbocycles. The van der Waals surface area contributed by atoms with Crippen molar-refractivity contribution in [3.63, 3.8) is 0 Å². The first kappa shape index (κ1) is 12.7. The van der Waals surface area contributed by atoms with Crippen LogP contribution in [0.5, 0.6) is 5.75 Å². The third-order valence-electron chi connectivity index (χ3n) is 2.03. The van der Waals surface area contributed by atoms with Gasteiger partial charge >= 0.3 is 0 Å². The van der Waals surface area contributed by atoms with Gasteiger partial charge in [0.25, 0.3) is 0 Å². The Balaban J connectivity index is 3.09. The zero-order chi connectivity index (χ0) is 12.2. The van der Waals surface area contributed by atoms with Crippen LogP contribution in [-0.4, -0.2) is 28.4 Å². The number of ether oxygens (including phenoxy) is 1. The summed E-state index contributed by atoms with van der Waals surface area (Å²) in [5.41, 5.74) is 0.567. The number of benzene rings is 1. The largest absolute Gasteiger partial charge is 0.497 e. The molecule has 0 amide bonds. The van der Waals surface area contributed by atoms with Gasteiger partial charge in [-0.3, -0.25) is 0 Å². The lowest BCUT2D eigenvalue weighted by molar-refractivity contribution is -0.106. The molecule has 0 saturated heterocycles. The van der Waals surface area contributed by atoms with E-state index in [0.717, 1.165) is 0 Å². The van der Waals surface area contributed by atoms with E-state index in [1.165, 1.54) is 13.2 Å². The summed E-state index contributed by atoms with van der Waals surface area (Å²) < 4.78 is 30.5. The number of nitrogens with one attached hydrogen (secondary N) is 1. The Morgan fingerprint density at radius 1 is 1.44 bits per heavy atom. The molecule has 1 N–H and O–H groups in total. The van der Waals surface area contributed by atoms with Gasteiger partial charge in [0.1, 0.15) is 12.0 Å². The quantitative estimate of drug-likeness (QED) is 0.763. The number of hydrogen-bond acceptors (Lipinski definition) is 4. The van der Waals surface area contributed by atoms with E-state index in [-0.39, 0.29) is 11.4 Å². The van der Waals surface area contributed by atoms with Gasteiger partial charge in [-0.2, -0.15) is 0 Å². The highest BCUT2D eigenvalue weighted by Crippen LogP contribution is 2.20. The minimum atomic E-state index is -3.61. The molecule has 6 heteroatoms. The van der Waals surface area contributed by atoms with Crippen molar-refractivity contribution in [3.8, 4) is 5.75 Å². The fourth-order valence-corrected chi connectivity index (χ4v) is 2.44. The van der Waals surface area contributed by atoms with E-state index in [1.54, 1.807) is 19.1 Å². The molecule has 0 bridgehead atoms. The van der Waals surface area contributed by atoms with Gasteiger partial charge in [0.15, 0.2) is 0 Å². The molecule has 1 rings (SSSR count). The van der Waals surface area contributed by atoms with Crippen molar-refractivity contribution in [2.45, 2.75) is 11.8 Å². The van der Waals surface area contributed by atoms with Gasteiger partial charge in [-0.25, -0.2) is 13.1 Å². The van der Waals surface area contributed by atoms with Crippen LogP contribution in [0.4, 0.5) is 0 Å². The lowest BCUT2D eigenvalue weighted by atomic mass is 10.2. The van der Waals surface area contributed by atoms with E-state index in [2.05, 4.69) is 4.72 Å². The molecule has 0 heterocycles. The molecule has 0 spiro atoms. The van der Waals surface area contributed by atoms with Crippen LogP contribution in [0.1, 0.15) is 5.56 Å². The molecule has 0 saturated carbocycles. The van der Waals surface area contributed by atoms with E-state index in [4.69, 9.17) is 4.74 Å². The third-order valence-corrected chi connectivity index (χ3v) is 3.61. The summed E-state index contributed by atoms with van der Waals surface area (Å²) in [6.07, 6.45) is 0.496. The first-order valence-corrected chi connectivity index (χ1v) is 6.07. The normalized spacial score (nSPS) is 11.1. The summed E-state index contributed by atoms with van der Waals surface area (Å²) in [6.45, 7) is 1.44. The molecule has 0 fully saturated rings. The molecule has 0 atom stereocenters. The molecule has 1 aromatic rings. The maximum Gasteiger partial charge on any atom is 0.241 e. The van der Waals surface area contributed by atoms with Gasteiger partial charge in [-0.15, -0.1) is 0 Å². The Labute approximate surface area is 94.5 Å². The lowest BCUT2D eigenvalue weighted by Gasteiger charge is -2.08. The summed E-state index contributed by atoms with van der Waals surface area (Å²) in [6, 6.07) is 4.62. The van der Waals surface area contributed by atoms with E-state index < -0.39 is 10.0 Å². The van der Waals surface area contributed by atoms with Crippen LogP contribution in [0.2, 0.25) is 0 Å². The predicted molar refractivity (Wildman–Crippen MR) is 59.0 cm³/mol. The van der Waals surface area contributed by atoms with Crippen LogP contribution in [0.25, 0.3) is 0 Å². The Hall–Kier alpha value is -1.40. The lowest BCUT2D eigenvalue weighted by Crippen LogP contribution is -2.26. The van der Waals surface area contributed by atoms with E-state index in [9.17, 15) is 13.2 Å². The molecule has 0 aliphatic carbocycles.